The first kappa shape index (κ1) is 20.6. The Bertz CT molecular complexity index is 1100. The molecule has 3 aliphatic rings. The van der Waals surface area contributed by atoms with Gasteiger partial charge in [0.2, 0.25) is 11.8 Å². The fraction of sp³-hybridized carbons (Fsp3) is 0.423. The van der Waals surface area contributed by atoms with Crippen LogP contribution in [0, 0.1) is 11.3 Å². The number of hydrogen-bond acceptors (Lipinski definition) is 4. The van der Waals surface area contributed by atoms with Gasteiger partial charge < -0.3 is 14.5 Å². The van der Waals surface area contributed by atoms with E-state index in [4.69, 9.17) is 10.00 Å². The maximum atomic E-state index is 13.4. The van der Waals surface area contributed by atoms with Crippen LogP contribution in [-0.2, 0) is 29.2 Å². The first-order chi connectivity index (χ1) is 15.5. The Morgan fingerprint density at radius 2 is 1.88 bits per heavy atom. The van der Waals surface area contributed by atoms with Gasteiger partial charge in [-0.25, -0.2) is 0 Å². The molecule has 2 amide bonds. The molecule has 0 unspecified atom stereocenters. The summed E-state index contributed by atoms with van der Waals surface area (Å²) in [6, 6.07) is 14.8. The van der Waals surface area contributed by atoms with Crippen molar-refractivity contribution >= 4 is 11.8 Å². The fourth-order valence-electron chi connectivity index (χ4n) is 5.40. The van der Waals surface area contributed by atoms with E-state index in [0.29, 0.717) is 25.1 Å². The van der Waals surface area contributed by atoms with Crippen molar-refractivity contribution < 1.29 is 14.3 Å². The lowest BCUT2D eigenvalue weighted by Crippen LogP contribution is -2.66. The van der Waals surface area contributed by atoms with Crippen molar-refractivity contribution in [2.45, 2.75) is 70.3 Å². The van der Waals surface area contributed by atoms with Gasteiger partial charge in [-0.15, -0.1) is 0 Å². The second-order valence-corrected chi connectivity index (χ2v) is 9.08. The molecule has 0 bridgehead atoms. The molecule has 2 aromatic carbocycles. The van der Waals surface area contributed by atoms with Gasteiger partial charge in [0, 0.05) is 19.0 Å². The monoisotopic (exact) mass is 429 g/mol. The Morgan fingerprint density at radius 3 is 2.66 bits per heavy atom. The highest BCUT2D eigenvalue weighted by Gasteiger charge is 2.48. The zero-order chi connectivity index (χ0) is 22.2. The summed E-state index contributed by atoms with van der Waals surface area (Å²) >= 11 is 0. The van der Waals surface area contributed by atoms with Crippen LogP contribution in [0.5, 0.6) is 5.75 Å². The number of fused-ring (bicyclic) bond motifs is 2. The number of nitriles is 1. The van der Waals surface area contributed by atoms with Crippen LogP contribution in [0.1, 0.15) is 54.9 Å². The van der Waals surface area contributed by atoms with E-state index in [2.05, 4.69) is 6.07 Å². The van der Waals surface area contributed by atoms with Crippen molar-refractivity contribution in [1.82, 2.24) is 9.80 Å². The SMILES string of the molecule is C[C@@H]1C(=O)N2Cc3cc(OCc4cccc(C#N)c4)ccc3C[C@@H]2C(=O)N1C1CCCC1. The molecule has 2 aromatic rings. The highest BCUT2D eigenvalue weighted by Crippen LogP contribution is 2.35. The summed E-state index contributed by atoms with van der Waals surface area (Å²) in [5.41, 5.74) is 3.68. The van der Waals surface area contributed by atoms with Crippen molar-refractivity contribution in [2.24, 2.45) is 0 Å². The minimum absolute atomic E-state index is 0.0480. The number of carbonyl (C=O) groups is 2. The third kappa shape index (κ3) is 3.62. The number of benzene rings is 2. The minimum atomic E-state index is -0.396. The Balaban J connectivity index is 1.33. The summed E-state index contributed by atoms with van der Waals surface area (Å²) in [7, 11) is 0. The molecule has 0 spiro atoms. The van der Waals surface area contributed by atoms with Crippen LogP contribution < -0.4 is 4.74 Å². The number of rotatable bonds is 4. The first-order valence-corrected chi connectivity index (χ1v) is 11.4. The maximum Gasteiger partial charge on any atom is 0.246 e. The standard InChI is InChI=1S/C26H27N3O3/c1-17-25(30)28-15-21-12-23(32-16-19-6-4-5-18(11-19)14-27)10-9-20(21)13-24(28)26(31)29(17)22-7-2-3-8-22/h4-6,9-12,17,22,24H,2-3,7-8,13,15-16H2,1H3/t17-,24-/m1/s1. The molecule has 32 heavy (non-hydrogen) atoms. The van der Waals surface area contributed by atoms with Crippen molar-refractivity contribution in [3.05, 3.63) is 64.7 Å². The van der Waals surface area contributed by atoms with Crippen LogP contribution in [-0.4, -0.2) is 39.7 Å². The van der Waals surface area contributed by atoms with Gasteiger partial charge in [-0.05, 0) is 60.7 Å². The molecule has 0 aromatic heterocycles. The van der Waals surface area contributed by atoms with E-state index < -0.39 is 12.1 Å². The molecule has 2 atom stereocenters. The lowest BCUT2D eigenvalue weighted by molar-refractivity contribution is -0.165. The third-order valence-corrected chi connectivity index (χ3v) is 7.08. The van der Waals surface area contributed by atoms with Gasteiger partial charge in [-0.2, -0.15) is 5.26 Å². The molecule has 6 heteroatoms. The van der Waals surface area contributed by atoms with Gasteiger partial charge in [0.15, 0.2) is 0 Å². The number of amides is 2. The Labute approximate surface area is 188 Å². The van der Waals surface area contributed by atoms with E-state index in [9.17, 15) is 9.59 Å². The predicted molar refractivity (Wildman–Crippen MR) is 119 cm³/mol. The zero-order valence-electron chi connectivity index (χ0n) is 18.3. The highest BCUT2D eigenvalue weighted by atomic mass is 16.5. The fourth-order valence-corrected chi connectivity index (χ4v) is 5.40. The molecular weight excluding hydrogens is 402 g/mol. The number of nitrogens with zero attached hydrogens (tertiary/aromatic N) is 3. The molecule has 1 saturated carbocycles. The van der Waals surface area contributed by atoms with Crippen molar-refractivity contribution in [3.8, 4) is 11.8 Å². The topological polar surface area (TPSA) is 73.6 Å². The number of hydrogen-bond donors (Lipinski definition) is 0. The smallest absolute Gasteiger partial charge is 0.246 e. The van der Waals surface area contributed by atoms with Gasteiger partial charge in [0.25, 0.3) is 0 Å². The number of carbonyl (C=O) groups excluding carboxylic acids is 2. The van der Waals surface area contributed by atoms with Gasteiger partial charge in [0.1, 0.15) is 24.4 Å². The van der Waals surface area contributed by atoms with E-state index in [1.165, 1.54) is 0 Å². The third-order valence-electron chi connectivity index (χ3n) is 7.08. The molecule has 1 aliphatic carbocycles. The Kier molecular flexibility index (Phi) is 5.34. The molecule has 164 valence electrons. The van der Waals surface area contributed by atoms with E-state index in [1.807, 2.05) is 48.2 Å². The van der Waals surface area contributed by atoms with Gasteiger partial charge in [-0.3, -0.25) is 9.59 Å². The normalized spacial score (nSPS) is 23.0. The van der Waals surface area contributed by atoms with E-state index in [1.54, 1.807) is 11.0 Å². The van der Waals surface area contributed by atoms with E-state index >= 15 is 0 Å². The van der Waals surface area contributed by atoms with Crippen LogP contribution in [0.25, 0.3) is 0 Å². The molecule has 0 N–H and O–H groups in total. The van der Waals surface area contributed by atoms with Crippen LogP contribution in [0.2, 0.25) is 0 Å². The number of piperazine rings is 1. The Hall–Kier alpha value is -3.33. The molecule has 2 fully saturated rings. The predicted octanol–water partition coefficient (Wildman–Crippen LogP) is 3.56. The summed E-state index contributed by atoms with van der Waals surface area (Å²) in [6.07, 6.45) is 4.84. The Morgan fingerprint density at radius 1 is 1.06 bits per heavy atom. The van der Waals surface area contributed by atoms with Crippen molar-refractivity contribution in [2.75, 3.05) is 0 Å². The quantitative estimate of drug-likeness (QED) is 0.745. The van der Waals surface area contributed by atoms with Crippen LogP contribution in [0.4, 0.5) is 0 Å². The van der Waals surface area contributed by atoms with Crippen LogP contribution in [0.15, 0.2) is 42.5 Å². The van der Waals surface area contributed by atoms with Crippen LogP contribution >= 0.6 is 0 Å². The summed E-state index contributed by atoms with van der Waals surface area (Å²) in [6.45, 7) is 2.68. The highest BCUT2D eigenvalue weighted by molar-refractivity contribution is 5.97. The lowest BCUT2D eigenvalue weighted by atomic mass is 9.89. The van der Waals surface area contributed by atoms with Crippen molar-refractivity contribution in [1.29, 1.82) is 5.26 Å². The molecule has 0 radical (unpaired) electrons. The summed E-state index contributed by atoms with van der Waals surface area (Å²) < 4.78 is 5.96. The maximum absolute atomic E-state index is 13.4. The van der Waals surface area contributed by atoms with Crippen LogP contribution in [0.3, 0.4) is 0 Å². The van der Waals surface area contributed by atoms with Gasteiger partial charge >= 0.3 is 0 Å². The average molecular weight is 430 g/mol. The molecule has 2 aliphatic heterocycles. The lowest BCUT2D eigenvalue weighted by Gasteiger charge is -2.48. The summed E-state index contributed by atoms with van der Waals surface area (Å²) in [5.74, 6) is 0.875. The second kappa shape index (κ2) is 8.31. The summed E-state index contributed by atoms with van der Waals surface area (Å²) in [4.78, 5) is 30.2. The van der Waals surface area contributed by atoms with E-state index in [0.717, 1.165) is 48.1 Å². The molecule has 2 heterocycles. The molecule has 6 nitrogen and oxygen atoms in total. The van der Waals surface area contributed by atoms with E-state index in [-0.39, 0.29) is 17.9 Å². The van der Waals surface area contributed by atoms with Gasteiger partial charge in [0.05, 0.1) is 11.6 Å². The molecular formula is C26H27N3O3. The zero-order valence-corrected chi connectivity index (χ0v) is 18.3. The molecule has 5 rings (SSSR count). The summed E-state index contributed by atoms with van der Waals surface area (Å²) in [5, 5.41) is 9.06. The molecule has 1 saturated heterocycles. The van der Waals surface area contributed by atoms with Gasteiger partial charge in [-0.1, -0.05) is 31.0 Å². The van der Waals surface area contributed by atoms with Crippen molar-refractivity contribution in [3.63, 3.8) is 0 Å². The largest absolute Gasteiger partial charge is 0.489 e. The average Bonchev–Trinajstić information content (AvgIpc) is 3.35. The first-order valence-electron chi connectivity index (χ1n) is 11.4. The minimum Gasteiger partial charge on any atom is -0.489 e. The number of ether oxygens (including phenoxy) is 1. The second-order valence-electron chi connectivity index (χ2n) is 9.08.